The van der Waals surface area contributed by atoms with Crippen LogP contribution in [0.4, 0.5) is 0 Å². The fourth-order valence-corrected chi connectivity index (χ4v) is 2.04. The van der Waals surface area contributed by atoms with E-state index in [2.05, 4.69) is 31.3 Å². The number of hydrogen-bond donors (Lipinski definition) is 1. The molecule has 0 fully saturated rings. The van der Waals surface area contributed by atoms with Gasteiger partial charge in [0, 0.05) is 12.6 Å². The van der Waals surface area contributed by atoms with Crippen molar-refractivity contribution in [1.82, 2.24) is 5.32 Å². The Morgan fingerprint density at radius 3 is 2.53 bits per heavy atom. The highest BCUT2D eigenvalue weighted by Gasteiger charge is 2.11. The summed E-state index contributed by atoms with van der Waals surface area (Å²) in [6.07, 6.45) is 2.34. The summed E-state index contributed by atoms with van der Waals surface area (Å²) in [4.78, 5) is 0. The van der Waals surface area contributed by atoms with Crippen molar-refractivity contribution in [2.24, 2.45) is 0 Å². The van der Waals surface area contributed by atoms with Crippen molar-refractivity contribution in [3.05, 3.63) is 23.8 Å². The third kappa shape index (κ3) is 3.13. The average Bonchev–Trinajstić information content (AvgIpc) is 2.40. The van der Waals surface area contributed by atoms with Gasteiger partial charge in [-0.3, -0.25) is 0 Å². The Morgan fingerprint density at radius 1 is 1.12 bits per heavy atom. The van der Waals surface area contributed by atoms with E-state index in [-0.39, 0.29) is 0 Å². The maximum atomic E-state index is 5.57. The molecule has 3 nitrogen and oxygen atoms in total. The van der Waals surface area contributed by atoms with Gasteiger partial charge in [0.25, 0.3) is 0 Å². The third-order valence-electron chi connectivity index (χ3n) is 3.19. The Hall–Kier alpha value is -1.22. The van der Waals surface area contributed by atoms with Crippen molar-refractivity contribution in [3.8, 4) is 11.5 Å². The van der Waals surface area contributed by atoms with Crippen molar-refractivity contribution >= 4 is 0 Å². The van der Waals surface area contributed by atoms with Crippen LogP contribution in [0.3, 0.4) is 0 Å². The summed E-state index contributed by atoms with van der Waals surface area (Å²) < 4.78 is 11.1. The van der Waals surface area contributed by atoms with Crippen molar-refractivity contribution in [2.45, 2.75) is 39.3 Å². The van der Waals surface area contributed by atoms with Gasteiger partial charge in [-0.15, -0.1) is 0 Å². The molecule has 0 saturated heterocycles. The van der Waals surface area contributed by atoms with E-state index in [0.29, 0.717) is 19.3 Å². The third-order valence-corrected chi connectivity index (χ3v) is 3.19. The van der Waals surface area contributed by atoms with Gasteiger partial charge in [0.15, 0.2) is 11.5 Å². The van der Waals surface area contributed by atoms with Crippen LogP contribution < -0.4 is 14.8 Å². The first-order chi connectivity index (χ1) is 8.33. The summed E-state index contributed by atoms with van der Waals surface area (Å²) in [6, 6.07) is 6.77. The van der Waals surface area contributed by atoms with Crippen LogP contribution in [0.15, 0.2) is 18.2 Å². The predicted molar refractivity (Wildman–Crippen MR) is 68.6 cm³/mol. The van der Waals surface area contributed by atoms with E-state index in [9.17, 15) is 0 Å². The molecule has 0 saturated carbocycles. The van der Waals surface area contributed by atoms with Gasteiger partial charge in [-0.05, 0) is 30.5 Å². The summed E-state index contributed by atoms with van der Waals surface area (Å²) >= 11 is 0. The van der Waals surface area contributed by atoms with Crippen molar-refractivity contribution in [2.75, 3.05) is 13.2 Å². The van der Waals surface area contributed by atoms with E-state index in [1.165, 1.54) is 18.4 Å². The van der Waals surface area contributed by atoms with Crippen molar-refractivity contribution < 1.29 is 9.47 Å². The minimum atomic E-state index is 0.600. The van der Waals surface area contributed by atoms with Crippen LogP contribution in [0, 0.1) is 0 Å². The Labute approximate surface area is 103 Å². The summed E-state index contributed by atoms with van der Waals surface area (Å²) in [7, 11) is 0. The highest BCUT2D eigenvalue weighted by atomic mass is 16.6. The molecule has 2 rings (SSSR count). The molecule has 1 aromatic carbocycles. The van der Waals surface area contributed by atoms with Crippen LogP contribution in [0.1, 0.15) is 32.3 Å². The van der Waals surface area contributed by atoms with E-state index in [1.54, 1.807) is 0 Å². The molecule has 1 heterocycles. The molecule has 1 aliphatic heterocycles. The predicted octanol–water partition coefficient (Wildman–Crippen LogP) is 2.74. The lowest BCUT2D eigenvalue weighted by molar-refractivity contribution is 0.171. The SMILES string of the molecule is CCC(CC)NCc1ccc2c(c1)OCCO2. The minimum absolute atomic E-state index is 0.600. The fourth-order valence-electron chi connectivity index (χ4n) is 2.04. The molecule has 0 bridgehead atoms. The highest BCUT2D eigenvalue weighted by Crippen LogP contribution is 2.30. The van der Waals surface area contributed by atoms with Crippen molar-refractivity contribution in [1.29, 1.82) is 0 Å². The van der Waals surface area contributed by atoms with Crippen LogP contribution in [-0.4, -0.2) is 19.3 Å². The van der Waals surface area contributed by atoms with Gasteiger partial charge in [0.2, 0.25) is 0 Å². The average molecular weight is 235 g/mol. The van der Waals surface area contributed by atoms with Gasteiger partial charge >= 0.3 is 0 Å². The molecule has 0 aromatic heterocycles. The van der Waals surface area contributed by atoms with Crippen LogP contribution in [0.5, 0.6) is 11.5 Å². The number of rotatable bonds is 5. The van der Waals surface area contributed by atoms with Gasteiger partial charge in [0.1, 0.15) is 13.2 Å². The fraction of sp³-hybridized carbons (Fsp3) is 0.571. The second-order valence-corrected chi connectivity index (χ2v) is 4.37. The first-order valence-electron chi connectivity index (χ1n) is 6.45. The monoisotopic (exact) mass is 235 g/mol. The second-order valence-electron chi connectivity index (χ2n) is 4.37. The lowest BCUT2D eigenvalue weighted by Gasteiger charge is -2.20. The van der Waals surface area contributed by atoms with Gasteiger partial charge in [-0.25, -0.2) is 0 Å². The molecule has 0 aliphatic carbocycles. The van der Waals surface area contributed by atoms with Crippen molar-refractivity contribution in [3.63, 3.8) is 0 Å². The Morgan fingerprint density at radius 2 is 1.82 bits per heavy atom. The first kappa shape index (κ1) is 12.2. The van der Waals surface area contributed by atoms with E-state index < -0.39 is 0 Å². The van der Waals surface area contributed by atoms with Gasteiger partial charge in [0.05, 0.1) is 0 Å². The number of hydrogen-bond acceptors (Lipinski definition) is 3. The molecule has 0 unspecified atom stereocenters. The van der Waals surface area contributed by atoms with E-state index in [4.69, 9.17) is 9.47 Å². The Bertz CT molecular complexity index is 361. The lowest BCUT2D eigenvalue weighted by Crippen LogP contribution is -2.27. The minimum Gasteiger partial charge on any atom is -0.486 e. The second kappa shape index (κ2) is 5.92. The normalized spacial score (nSPS) is 14.1. The Kier molecular flexibility index (Phi) is 4.26. The zero-order valence-corrected chi connectivity index (χ0v) is 10.7. The molecule has 17 heavy (non-hydrogen) atoms. The maximum Gasteiger partial charge on any atom is 0.161 e. The van der Waals surface area contributed by atoms with Gasteiger partial charge in [-0.2, -0.15) is 0 Å². The molecule has 0 spiro atoms. The molecular formula is C14H21NO2. The number of nitrogens with one attached hydrogen (secondary N) is 1. The van der Waals surface area contributed by atoms with Gasteiger partial charge in [-0.1, -0.05) is 19.9 Å². The van der Waals surface area contributed by atoms with Gasteiger partial charge < -0.3 is 14.8 Å². The van der Waals surface area contributed by atoms with Crippen LogP contribution in [-0.2, 0) is 6.54 Å². The van der Waals surface area contributed by atoms with Crippen LogP contribution in [0.2, 0.25) is 0 Å². The van der Waals surface area contributed by atoms with Crippen LogP contribution >= 0.6 is 0 Å². The number of fused-ring (bicyclic) bond motifs is 1. The largest absolute Gasteiger partial charge is 0.486 e. The van der Waals surface area contributed by atoms with E-state index >= 15 is 0 Å². The van der Waals surface area contributed by atoms with E-state index in [1.807, 2.05) is 6.07 Å². The molecule has 3 heteroatoms. The standard InChI is InChI=1S/C14H21NO2/c1-3-12(4-2)15-10-11-5-6-13-14(9-11)17-8-7-16-13/h5-6,9,12,15H,3-4,7-8,10H2,1-2H3. The smallest absolute Gasteiger partial charge is 0.161 e. The molecule has 0 radical (unpaired) electrons. The molecule has 0 amide bonds. The van der Waals surface area contributed by atoms with Crippen LogP contribution in [0.25, 0.3) is 0 Å². The molecular weight excluding hydrogens is 214 g/mol. The summed E-state index contributed by atoms with van der Waals surface area (Å²) in [5, 5.41) is 3.55. The quantitative estimate of drug-likeness (QED) is 0.851. The topological polar surface area (TPSA) is 30.5 Å². The molecule has 1 aliphatic rings. The highest BCUT2D eigenvalue weighted by molar-refractivity contribution is 5.43. The molecule has 1 N–H and O–H groups in total. The molecule has 94 valence electrons. The molecule has 0 atom stereocenters. The molecule has 1 aromatic rings. The summed E-state index contributed by atoms with van der Waals surface area (Å²) in [6.45, 7) is 6.62. The van der Waals surface area contributed by atoms with E-state index in [0.717, 1.165) is 18.0 Å². The summed E-state index contributed by atoms with van der Waals surface area (Å²) in [5.41, 5.74) is 1.25. The summed E-state index contributed by atoms with van der Waals surface area (Å²) in [5.74, 6) is 1.74. The first-order valence-corrected chi connectivity index (χ1v) is 6.45. The maximum absolute atomic E-state index is 5.57. The zero-order valence-electron chi connectivity index (χ0n) is 10.7. The number of ether oxygens (including phenoxy) is 2. The zero-order chi connectivity index (χ0) is 12.1. The number of benzene rings is 1. The lowest BCUT2D eigenvalue weighted by atomic mass is 10.1. The Balaban J connectivity index is 1.97.